The second-order valence-corrected chi connectivity index (χ2v) is 4.71. The Bertz CT molecular complexity index is 867. The van der Waals surface area contributed by atoms with E-state index in [2.05, 4.69) is 0 Å². The number of benzene rings is 1. The molecule has 7 heteroatoms. The van der Waals surface area contributed by atoms with Gasteiger partial charge in [-0.2, -0.15) is 0 Å². The molecule has 1 aromatic carbocycles. The van der Waals surface area contributed by atoms with E-state index < -0.39 is 62.4 Å². The third kappa shape index (κ3) is 4.96. The Morgan fingerprint density at radius 1 is 1.45 bits per heavy atom. The fourth-order valence-electron chi connectivity index (χ4n) is 1.59. The highest BCUT2D eigenvalue weighted by atomic mass is 35.5. The van der Waals surface area contributed by atoms with Crippen LogP contribution in [0.3, 0.4) is 0 Å². The first-order valence-electron chi connectivity index (χ1n) is 10.6. The molecule has 0 bridgehead atoms. The molecule has 1 saturated heterocycles. The van der Waals surface area contributed by atoms with Gasteiger partial charge in [0, 0.05) is 29.5 Å². The average Bonchev–Trinajstić information content (AvgIpc) is 2.61. The fraction of sp³-hybridized carbons (Fsp3) is 0.467. The van der Waals surface area contributed by atoms with Crippen molar-refractivity contribution in [2.24, 2.45) is 5.89 Å². The van der Waals surface area contributed by atoms with Gasteiger partial charge in [0.15, 0.2) is 0 Å². The number of amides is 1. The van der Waals surface area contributed by atoms with Gasteiger partial charge in [0.05, 0.1) is 6.54 Å². The molecule has 0 radical (unpaired) electrons. The standard InChI is InChI=1S/C15H18ClFN2O3/c16-12-5-11(6-13(17)7-12)15(22)18-8-10-1-3-19(4-2-10)9-14(20)21/h5-7,10H,1-4,8-9H2,(H,18,22)(H,20,21)/i1D2,2D2,3D2,4D2,10D. The average molecular weight is 338 g/mol. The molecular weight excluding hydrogens is 311 g/mol. The number of halogens is 2. The van der Waals surface area contributed by atoms with Gasteiger partial charge in [0.25, 0.3) is 5.91 Å². The van der Waals surface area contributed by atoms with E-state index in [-0.39, 0.29) is 15.5 Å². The summed E-state index contributed by atoms with van der Waals surface area (Å²) in [5, 5.41) is 10.8. The van der Waals surface area contributed by atoms with E-state index in [0.717, 1.165) is 18.2 Å². The first kappa shape index (κ1) is 8.26. The zero-order valence-electron chi connectivity index (χ0n) is 20.1. The summed E-state index contributed by atoms with van der Waals surface area (Å²) in [5.74, 6) is -6.98. The molecule has 22 heavy (non-hydrogen) atoms. The molecule has 1 aromatic rings. The summed E-state index contributed by atoms with van der Waals surface area (Å²) in [6.45, 7) is -9.53. The van der Waals surface area contributed by atoms with Crippen LogP contribution in [-0.4, -0.2) is 48.0 Å². The lowest BCUT2D eigenvalue weighted by Crippen LogP contribution is -2.40. The van der Waals surface area contributed by atoms with Crippen molar-refractivity contribution >= 4 is 23.5 Å². The Balaban J connectivity index is 2.49. The maximum Gasteiger partial charge on any atom is 0.317 e. The van der Waals surface area contributed by atoms with E-state index in [4.69, 9.17) is 29.0 Å². The molecule has 1 fully saturated rings. The zero-order chi connectivity index (χ0) is 24.2. The van der Waals surface area contributed by atoms with Gasteiger partial charge in [-0.25, -0.2) is 4.39 Å². The van der Waals surface area contributed by atoms with Crippen molar-refractivity contribution in [3.63, 3.8) is 0 Å². The van der Waals surface area contributed by atoms with Crippen LogP contribution in [0, 0.1) is 11.7 Å². The third-order valence-corrected chi connectivity index (χ3v) is 2.75. The number of hydrogen-bond acceptors (Lipinski definition) is 3. The Morgan fingerprint density at radius 3 is 2.73 bits per heavy atom. The molecule has 1 heterocycles. The van der Waals surface area contributed by atoms with Gasteiger partial charge < -0.3 is 10.4 Å². The smallest absolute Gasteiger partial charge is 0.317 e. The molecule has 0 unspecified atom stereocenters. The molecular formula is C15H18ClFN2O3. The molecule has 1 amide bonds. The molecule has 0 saturated carbocycles. The number of nitrogens with zero attached hydrogens (tertiary/aromatic N) is 1. The number of hydrogen-bond donors (Lipinski definition) is 2. The van der Waals surface area contributed by atoms with E-state index in [1.165, 1.54) is 0 Å². The first-order chi connectivity index (χ1) is 13.8. The van der Waals surface area contributed by atoms with Crippen molar-refractivity contribution < 1.29 is 31.4 Å². The Kier molecular flexibility index (Phi) is 2.84. The molecule has 0 aromatic heterocycles. The molecule has 1 aliphatic heterocycles. The number of rotatable bonds is 5. The monoisotopic (exact) mass is 337 g/mol. The van der Waals surface area contributed by atoms with Gasteiger partial charge >= 0.3 is 5.97 Å². The third-order valence-electron chi connectivity index (χ3n) is 2.53. The molecule has 1 aliphatic rings. The van der Waals surface area contributed by atoms with Gasteiger partial charge in [-0.05, 0) is 49.8 Å². The van der Waals surface area contributed by atoms with E-state index in [1.807, 2.05) is 5.32 Å². The van der Waals surface area contributed by atoms with Crippen LogP contribution in [0.5, 0.6) is 0 Å². The van der Waals surface area contributed by atoms with Gasteiger partial charge in [-0.15, -0.1) is 0 Å². The number of aliphatic carboxylic acids is 1. The Hall–Kier alpha value is -1.66. The lowest BCUT2D eigenvalue weighted by molar-refractivity contribution is -0.138. The van der Waals surface area contributed by atoms with Crippen LogP contribution in [0.25, 0.3) is 0 Å². The number of carbonyl (C=O) groups is 2. The van der Waals surface area contributed by atoms with Crippen molar-refractivity contribution in [3.05, 3.63) is 34.6 Å². The summed E-state index contributed by atoms with van der Waals surface area (Å²) in [5.41, 5.74) is -0.343. The number of carbonyl (C=O) groups excluding carboxylic acids is 1. The molecule has 0 aliphatic carbocycles. The van der Waals surface area contributed by atoms with Crippen LogP contribution < -0.4 is 5.32 Å². The summed E-state index contributed by atoms with van der Waals surface area (Å²) in [4.78, 5) is 23.3. The number of carboxylic acids is 1. The maximum absolute atomic E-state index is 13.5. The normalized spacial score (nSPS) is 33.1. The van der Waals surface area contributed by atoms with Crippen LogP contribution in [0.4, 0.5) is 4.39 Å². The van der Waals surface area contributed by atoms with Crippen LogP contribution in [0.2, 0.25) is 5.02 Å². The summed E-state index contributed by atoms with van der Waals surface area (Å²) in [6.07, 6.45) is -7.03. The quantitative estimate of drug-likeness (QED) is 0.862. The largest absolute Gasteiger partial charge is 0.480 e. The summed E-state index contributed by atoms with van der Waals surface area (Å²) < 4.78 is 86.5. The number of piperidine rings is 1. The van der Waals surface area contributed by atoms with Crippen molar-refractivity contribution in [3.8, 4) is 0 Å². The van der Waals surface area contributed by atoms with E-state index >= 15 is 0 Å². The summed E-state index contributed by atoms with van der Waals surface area (Å²) in [7, 11) is 0. The van der Waals surface area contributed by atoms with Crippen LogP contribution in [0.15, 0.2) is 18.2 Å². The summed E-state index contributed by atoms with van der Waals surface area (Å²) >= 11 is 5.66. The minimum atomic E-state index is -3.52. The molecule has 2 N–H and O–H groups in total. The second kappa shape index (κ2) is 7.56. The van der Waals surface area contributed by atoms with Gasteiger partial charge in [-0.3, -0.25) is 14.5 Å². The van der Waals surface area contributed by atoms with Crippen molar-refractivity contribution in [1.29, 1.82) is 0 Å². The predicted molar refractivity (Wildman–Crippen MR) is 80.5 cm³/mol. The van der Waals surface area contributed by atoms with Crippen molar-refractivity contribution in [1.82, 2.24) is 10.2 Å². The van der Waals surface area contributed by atoms with Crippen LogP contribution >= 0.6 is 11.6 Å². The summed E-state index contributed by atoms with van der Waals surface area (Å²) in [6, 6.07) is 2.73. The first-order valence-corrected chi connectivity index (χ1v) is 6.44. The highest BCUT2D eigenvalue weighted by Crippen LogP contribution is 2.17. The topological polar surface area (TPSA) is 69.6 Å². The Morgan fingerprint density at radius 2 is 2.14 bits per heavy atom. The predicted octanol–water partition coefficient (Wildman–Crippen LogP) is 2.01. The van der Waals surface area contributed by atoms with Crippen molar-refractivity contribution in [2.45, 2.75) is 12.7 Å². The molecule has 0 atom stereocenters. The van der Waals surface area contributed by atoms with E-state index in [0.29, 0.717) is 0 Å². The van der Waals surface area contributed by atoms with Gasteiger partial charge in [-0.1, -0.05) is 11.6 Å². The lowest BCUT2D eigenvalue weighted by Gasteiger charge is -2.30. The van der Waals surface area contributed by atoms with E-state index in [9.17, 15) is 14.0 Å². The van der Waals surface area contributed by atoms with Crippen molar-refractivity contribution in [2.75, 3.05) is 26.1 Å². The number of likely N-dealkylation sites (tertiary alicyclic amines) is 1. The minimum absolute atomic E-state index is 0.136. The van der Waals surface area contributed by atoms with Gasteiger partial charge in [0.2, 0.25) is 0 Å². The maximum atomic E-state index is 13.5. The number of nitrogens with one attached hydrogen (secondary N) is 1. The molecule has 5 nitrogen and oxygen atoms in total. The lowest BCUT2D eigenvalue weighted by atomic mass is 9.96. The molecule has 0 spiro atoms. The highest BCUT2D eigenvalue weighted by Gasteiger charge is 2.21. The number of carboxylic acid groups (broad SMARTS) is 1. The van der Waals surface area contributed by atoms with Crippen LogP contribution in [-0.2, 0) is 4.79 Å². The molecule has 120 valence electrons. The van der Waals surface area contributed by atoms with Crippen LogP contribution in [0.1, 0.15) is 35.4 Å². The fourth-order valence-corrected chi connectivity index (χ4v) is 1.81. The minimum Gasteiger partial charge on any atom is -0.480 e. The zero-order valence-corrected chi connectivity index (χ0v) is 11.9. The second-order valence-electron chi connectivity index (χ2n) is 4.27. The SMILES string of the molecule is [2H]C1([2H])N(CC(=O)O)C([2H])([2H])C([2H])([2H])C([2H])(CNC(=O)c2cc(F)cc(Cl)c2)C1([2H])[2H]. The highest BCUT2D eigenvalue weighted by molar-refractivity contribution is 6.31. The van der Waals surface area contributed by atoms with E-state index in [1.54, 1.807) is 0 Å². The van der Waals surface area contributed by atoms with Gasteiger partial charge in [0.1, 0.15) is 5.82 Å². The molecule has 2 rings (SSSR count). The Labute approximate surface area is 145 Å².